The number of fused-ring (bicyclic) bond motifs is 1. The van der Waals surface area contributed by atoms with E-state index < -0.39 is 12.5 Å². The Labute approximate surface area is 87.2 Å². The summed E-state index contributed by atoms with van der Waals surface area (Å²) in [5.41, 5.74) is 2.03. The lowest BCUT2D eigenvalue weighted by molar-refractivity contribution is 0.0941. The number of nitrogens with one attached hydrogen (secondary N) is 1. The molecule has 1 aliphatic heterocycles. The van der Waals surface area contributed by atoms with Crippen LogP contribution in [0.1, 0.15) is 11.1 Å². The molecule has 1 unspecified atom stereocenters. The predicted octanol–water partition coefficient (Wildman–Crippen LogP) is 1.97. The molecule has 2 rings (SSSR count). The van der Waals surface area contributed by atoms with E-state index in [0.29, 0.717) is 13.0 Å². The molecule has 0 radical (unpaired) electrons. The van der Waals surface area contributed by atoms with E-state index >= 15 is 0 Å². The molecule has 0 aromatic heterocycles. The van der Waals surface area contributed by atoms with Crippen LogP contribution in [0.25, 0.3) is 0 Å². The van der Waals surface area contributed by atoms with Crippen molar-refractivity contribution in [1.82, 2.24) is 5.32 Å². The van der Waals surface area contributed by atoms with Crippen LogP contribution in [0.15, 0.2) is 18.2 Å². The van der Waals surface area contributed by atoms with Crippen LogP contribution in [0.2, 0.25) is 0 Å². The van der Waals surface area contributed by atoms with Gasteiger partial charge in [-0.3, -0.25) is 0 Å². The fraction of sp³-hybridized carbons (Fsp3) is 0.455. The lowest BCUT2D eigenvalue weighted by Crippen LogP contribution is -2.40. The monoisotopic (exact) mass is 213 g/mol. The van der Waals surface area contributed by atoms with Gasteiger partial charge in [0.2, 0.25) is 0 Å². The molecule has 15 heavy (non-hydrogen) atoms. The number of halogens is 2. The summed E-state index contributed by atoms with van der Waals surface area (Å²) in [5, 5.41) is 2.82. The molecular weight excluding hydrogens is 200 g/mol. The summed E-state index contributed by atoms with van der Waals surface area (Å²) in [4.78, 5) is 0. The van der Waals surface area contributed by atoms with E-state index in [1.165, 1.54) is 0 Å². The van der Waals surface area contributed by atoms with Gasteiger partial charge in [0.25, 0.3) is 6.43 Å². The average molecular weight is 213 g/mol. The van der Waals surface area contributed by atoms with Crippen molar-refractivity contribution in [2.45, 2.75) is 25.4 Å². The Morgan fingerprint density at radius 3 is 2.87 bits per heavy atom. The summed E-state index contributed by atoms with van der Waals surface area (Å²) in [7, 11) is 1.60. The molecule has 1 aromatic carbocycles. The number of hydrogen-bond acceptors (Lipinski definition) is 2. The SMILES string of the molecule is COc1ccc2c(c1)CNC(C(F)F)C2. The molecule has 2 nitrogen and oxygen atoms in total. The first-order valence-electron chi connectivity index (χ1n) is 4.88. The maximum absolute atomic E-state index is 12.5. The van der Waals surface area contributed by atoms with E-state index in [9.17, 15) is 8.78 Å². The normalized spacial score (nSPS) is 20.1. The van der Waals surface area contributed by atoms with Gasteiger partial charge in [-0.1, -0.05) is 6.07 Å². The standard InChI is InChI=1S/C11H13F2NO/c1-15-9-3-2-7-5-10(11(12)13)14-6-8(7)4-9/h2-4,10-11,14H,5-6H2,1H3. The van der Waals surface area contributed by atoms with Crippen molar-refractivity contribution < 1.29 is 13.5 Å². The smallest absolute Gasteiger partial charge is 0.254 e. The van der Waals surface area contributed by atoms with E-state index in [1.807, 2.05) is 18.2 Å². The molecule has 0 bridgehead atoms. The number of alkyl halides is 2. The van der Waals surface area contributed by atoms with Crippen LogP contribution in [0.5, 0.6) is 5.75 Å². The van der Waals surface area contributed by atoms with Crippen molar-refractivity contribution in [3.05, 3.63) is 29.3 Å². The number of rotatable bonds is 2. The molecule has 1 aliphatic rings. The quantitative estimate of drug-likeness (QED) is 0.811. The van der Waals surface area contributed by atoms with Crippen molar-refractivity contribution in [2.75, 3.05) is 7.11 Å². The second kappa shape index (κ2) is 4.14. The lowest BCUT2D eigenvalue weighted by atomic mass is 9.96. The van der Waals surface area contributed by atoms with Gasteiger partial charge in [-0.25, -0.2) is 8.78 Å². The number of methoxy groups -OCH3 is 1. The molecule has 1 atom stereocenters. The maximum atomic E-state index is 12.5. The molecule has 0 saturated carbocycles. The molecule has 1 N–H and O–H groups in total. The summed E-state index contributed by atoms with van der Waals surface area (Å²) >= 11 is 0. The van der Waals surface area contributed by atoms with Crippen molar-refractivity contribution in [2.24, 2.45) is 0 Å². The van der Waals surface area contributed by atoms with E-state index in [-0.39, 0.29) is 0 Å². The highest BCUT2D eigenvalue weighted by Gasteiger charge is 2.25. The largest absolute Gasteiger partial charge is 0.497 e. The maximum Gasteiger partial charge on any atom is 0.254 e. The molecule has 4 heteroatoms. The van der Waals surface area contributed by atoms with Crippen molar-refractivity contribution >= 4 is 0 Å². The van der Waals surface area contributed by atoms with Crippen LogP contribution in [0.4, 0.5) is 8.78 Å². The summed E-state index contributed by atoms with van der Waals surface area (Å²) < 4.78 is 30.0. The fourth-order valence-corrected chi connectivity index (χ4v) is 1.82. The van der Waals surface area contributed by atoms with E-state index in [2.05, 4.69) is 5.32 Å². The second-order valence-electron chi connectivity index (χ2n) is 3.66. The zero-order chi connectivity index (χ0) is 10.8. The minimum Gasteiger partial charge on any atom is -0.497 e. The first-order chi connectivity index (χ1) is 7.20. The summed E-state index contributed by atoms with van der Waals surface area (Å²) in [6.07, 6.45) is -1.92. The molecule has 1 aromatic rings. The Balaban J connectivity index is 2.21. The summed E-state index contributed by atoms with van der Waals surface area (Å²) in [6.45, 7) is 0.488. The van der Waals surface area contributed by atoms with Gasteiger partial charge in [-0.05, 0) is 29.7 Å². The van der Waals surface area contributed by atoms with Crippen LogP contribution >= 0.6 is 0 Å². The Hall–Kier alpha value is -1.16. The van der Waals surface area contributed by atoms with Gasteiger partial charge in [0, 0.05) is 6.54 Å². The third kappa shape index (κ3) is 2.09. The first-order valence-corrected chi connectivity index (χ1v) is 4.88. The summed E-state index contributed by atoms with van der Waals surface area (Å²) in [5.74, 6) is 0.769. The molecule has 0 saturated heterocycles. The highest BCUT2D eigenvalue weighted by atomic mass is 19.3. The first kappa shape index (κ1) is 10.4. The Kier molecular flexibility index (Phi) is 2.86. The Bertz CT molecular complexity index is 354. The highest BCUT2D eigenvalue weighted by Crippen LogP contribution is 2.23. The summed E-state index contributed by atoms with van der Waals surface area (Å²) in [6, 6.07) is 4.85. The highest BCUT2D eigenvalue weighted by molar-refractivity contribution is 5.37. The lowest BCUT2D eigenvalue weighted by Gasteiger charge is -2.25. The van der Waals surface area contributed by atoms with Crippen LogP contribution in [-0.2, 0) is 13.0 Å². The van der Waals surface area contributed by atoms with Crippen LogP contribution in [0.3, 0.4) is 0 Å². The van der Waals surface area contributed by atoms with Crippen LogP contribution in [-0.4, -0.2) is 19.6 Å². The third-order valence-corrected chi connectivity index (χ3v) is 2.71. The van der Waals surface area contributed by atoms with E-state index in [4.69, 9.17) is 4.74 Å². The minimum atomic E-state index is -2.31. The fourth-order valence-electron chi connectivity index (χ4n) is 1.82. The topological polar surface area (TPSA) is 21.3 Å². The Morgan fingerprint density at radius 1 is 1.40 bits per heavy atom. The second-order valence-corrected chi connectivity index (χ2v) is 3.66. The molecule has 0 amide bonds. The van der Waals surface area contributed by atoms with Crippen LogP contribution < -0.4 is 10.1 Å². The van der Waals surface area contributed by atoms with E-state index in [0.717, 1.165) is 16.9 Å². The molecule has 1 heterocycles. The zero-order valence-corrected chi connectivity index (χ0v) is 8.47. The molecule has 0 fully saturated rings. The van der Waals surface area contributed by atoms with E-state index in [1.54, 1.807) is 7.11 Å². The molecule has 0 spiro atoms. The molecule has 0 aliphatic carbocycles. The van der Waals surface area contributed by atoms with Gasteiger partial charge in [0.15, 0.2) is 0 Å². The van der Waals surface area contributed by atoms with Crippen LogP contribution in [0, 0.1) is 0 Å². The van der Waals surface area contributed by atoms with Gasteiger partial charge in [-0.2, -0.15) is 0 Å². The van der Waals surface area contributed by atoms with Gasteiger partial charge < -0.3 is 10.1 Å². The third-order valence-electron chi connectivity index (χ3n) is 2.71. The average Bonchev–Trinajstić information content (AvgIpc) is 2.27. The van der Waals surface area contributed by atoms with Gasteiger partial charge in [0.05, 0.1) is 13.2 Å². The minimum absolute atomic E-state index is 0.386. The van der Waals surface area contributed by atoms with Crippen molar-refractivity contribution in [3.63, 3.8) is 0 Å². The Morgan fingerprint density at radius 2 is 2.20 bits per heavy atom. The van der Waals surface area contributed by atoms with Gasteiger partial charge >= 0.3 is 0 Å². The number of ether oxygens (including phenoxy) is 1. The molecule has 82 valence electrons. The van der Waals surface area contributed by atoms with Crippen molar-refractivity contribution in [1.29, 1.82) is 0 Å². The van der Waals surface area contributed by atoms with Crippen molar-refractivity contribution in [3.8, 4) is 5.75 Å². The van der Waals surface area contributed by atoms with Gasteiger partial charge in [-0.15, -0.1) is 0 Å². The predicted molar refractivity (Wildman–Crippen MR) is 53.3 cm³/mol. The number of hydrogen-bond donors (Lipinski definition) is 1. The number of benzene rings is 1. The van der Waals surface area contributed by atoms with Gasteiger partial charge in [0.1, 0.15) is 5.75 Å². The molecular formula is C11H13F2NO. The zero-order valence-electron chi connectivity index (χ0n) is 8.47.